The van der Waals surface area contributed by atoms with Crippen molar-refractivity contribution in [3.05, 3.63) is 24.0 Å². The third-order valence-corrected chi connectivity index (χ3v) is 2.33. The Balaban J connectivity index is 2.76. The molecule has 0 bridgehead atoms. The molecule has 0 saturated heterocycles. The molecule has 0 aromatic carbocycles. The largest absolute Gasteiger partial charge is 0.382 e. The maximum atomic E-state index is 11.1. The molecule has 1 rings (SSSR count). The monoisotopic (exact) mass is 218 g/mol. The van der Waals surface area contributed by atoms with Crippen LogP contribution >= 0.6 is 0 Å². The molecule has 1 amide bonds. The number of nitriles is 1. The highest BCUT2D eigenvalue weighted by molar-refractivity contribution is 5.80. The minimum absolute atomic E-state index is 0.364. The summed E-state index contributed by atoms with van der Waals surface area (Å²) in [5, 5.41) is 11.8. The van der Waals surface area contributed by atoms with E-state index in [9.17, 15) is 4.79 Å². The van der Waals surface area contributed by atoms with Gasteiger partial charge in [0, 0.05) is 12.7 Å². The molecule has 0 atom stereocenters. The minimum Gasteiger partial charge on any atom is -0.382 e. The van der Waals surface area contributed by atoms with Gasteiger partial charge in [-0.05, 0) is 19.9 Å². The summed E-state index contributed by atoms with van der Waals surface area (Å²) in [7, 11) is 0. The number of anilines is 1. The summed E-state index contributed by atoms with van der Waals surface area (Å²) in [5.41, 5.74) is 5.69. The van der Waals surface area contributed by atoms with Crippen LogP contribution in [0.25, 0.3) is 0 Å². The Morgan fingerprint density at radius 2 is 2.38 bits per heavy atom. The Labute approximate surface area is 94.3 Å². The third kappa shape index (κ3) is 2.70. The number of amides is 1. The smallest absolute Gasteiger partial charge is 0.224 e. The summed E-state index contributed by atoms with van der Waals surface area (Å²) in [6.07, 6.45) is 3.10. The van der Waals surface area contributed by atoms with E-state index < -0.39 is 5.41 Å². The predicted molar refractivity (Wildman–Crippen MR) is 60.4 cm³/mol. The quantitative estimate of drug-likeness (QED) is 0.784. The fourth-order valence-electron chi connectivity index (χ4n) is 1.04. The summed E-state index contributed by atoms with van der Waals surface area (Å²) >= 11 is 0. The highest BCUT2D eigenvalue weighted by Gasteiger charge is 2.24. The van der Waals surface area contributed by atoms with Crippen LogP contribution in [0.3, 0.4) is 0 Å². The molecule has 5 heteroatoms. The van der Waals surface area contributed by atoms with Crippen LogP contribution in [0.5, 0.6) is 0 Å². The van der Waals surface area contributed by atoms with Crippen molar-refractivity contribution in [2.24, 2.45) is 11.1 Å². The highest BCUT2D eigenvalue weighted by atomic mass is 16.1. The van der Waals surface area contributed by atoms with Gasteiger partial charge in [0.1, 0.15) is 6.07 Å². The molecule has 0 unspecified atom stereocenters. The second-order valence-electron chi connectivity index (χ2n) is 4.13. The van der Waals surface area contributed by atoms with Crippen molar-refractivity contribution < 1.29 is 4.79 Å². The van der Waals surface area contributed by atoms with E-state index in [2.05, 4.69) is 10.3 Å². The van der Waals surface area contributed by atoms with Crippen molar-refractivity contribution >= 4 is 11.6 Å². The Morgan fingerprint density at radius 1 is 1.69 bits per heavy atom. The number of carbonyl (C=O) groups is 1. The van der Waals surface area contributed by atoms with Crippen molar-refractivity contribution in [3.63, 3.8) is 0 Å². The van der Waals surface area contributed by atoms with Gasteiger partial charge in [0.25, 0.3) is 0 Å². The molecule has 1 heterocycles. The van der Waals surface area contributed by atoms with Gasteiger partial charge < -0.3 is 11.1 Å². The number of primary amides is 1. The average Bonchev–Trinajstić information content (AvgIpc) is 2.26. The number of nitrogens with two attached hydrogens (primary N) is 1. The topological polar surface area (TPSA) is 91.8 Å². The molecule has 16 heavy (non-hydrogen) atoms. The fourth-order valence-corrected chi connectivity index (χ4v) is 1.04. The van der Waals surface area contributed by atoms with E-state index >= 15 is 0 Å². The van der Waals surface area contributed by atoms with Crippen molar-refractivity contribution in [2.45, 2.75) is 13.8 Å². The van der Waals surface area contributed by atoms with Crippen LogP contribution < -0.4 is 11.1 Å². The third-order valence-electron chi connectivity index (χ3n) is 2.33. The van der Waals surface area contributed by atoms with Crippen LogP contribution in [0, 0.1) is 16.7 Å². The van der Waals surface area contributed by atoms with Crippen LogP contribution in [0.4, 0.5) is 5.69 Å². The standard InChI is InChI=1S/C11H14N4O/c1-11(2,10(13)16)7-15-9-6-14-4-3-8(9)5-12/h3-4,6,15H,7H2,1-2H3,(H2,13,16). The Kier molecular flexibility index (Phi) is 3.46. The molecular weight excluding hydrogens is 204 g/mol. The predicted octanol–water partition coefficient (Wildman–Crippen LogP) is 0.877. The molecule has 84 valence electrons. The van der Waals surface area contributed by atoms with Crippen LogP contribution in [-0.2, 0) is 4.79 Å². The first-order valence-electron chi connectivity index (χ1n) is 4.85. The number of aromatic nitrogens is 1. The lowest BCUT2D eigenvalue weighted by molar-refractivity contribution is -0.125. The second-order valence-corrected chi connectivity index (χ2v) is 4.13. The van der Waals surface area contributed by atoms with Crippen LogP contribution in [-0.4, -0.2) is 17.4 Å². The lowest BCUT2D eigenvalue weighted by Crippen LogP contribution is -2.37. The van der Waals surface area contributed by atoms with Crippen molar-refractivity contribution in [2.75, 3.05) is 11.9 Å². The van der Waals surface area contributed by atoms with Gasteiger partial charge in [-0.1, -0.05) is 0 Å². The molecule has 0 saturated carbocycles. The fraction of sp³-hybridized carbons (Fsp3) is 0.364. The molecule has 5 nitrogen and oxygen atoms in total. The summed E-state index contributed by atoms with van der Waals surface area (Å²) < 4.78 is 0. The van der Waals surface area contributed by atoms with E-state index in [1.54, 1.807) is 32.3 Å². The van der Waals surface area contributed by atoms with Crippen LogP contribution in [0.15, 0.2) is 18.5 Å². The zero-order chi connectivity index (χ0) is 12.2. The van der Waals surface area contributed by atoms with E-state index in [1.807, 2.05) is 6.07 Å². The molecular formula is C11H14N4O. The zero-order valence-corrected chi connectivity index (χ0v) is 9.32. The van der Waals surface area contributed by atoms with Gasteiger partial charge in [-0.25, -0.2) is 0 Å². The first-order valence-corrected chi connectivity index (χ1v) is 4.85. The molecule has 0 aliphatic carbocycles. The zero-order valence-electron chi connectivity index (χ0n) is 9.32. The molecule has 0 aliphatic rings. The summed E-state index contributed by atoms with van der Waals surface area (Å²) in [5.74, 6) is -0.387. The molecule has 1 aromatic rings. The van der Waals surface area contributed by atoms with Gasteiger partial charge in [0.05, 0.1) is 22.9 Å². The molecule has 0 radical (unpaired) electrons. The molecule has 3 N–H and O–H groups in total. The first kappa shape index (κ1) is 12.0. The first-order chi connectivity index (χ1) is 7.47. The highest BCUT2D eigenvalue weighted by Crippen LogP contribution is 2.17. The average molecular weight is 218 g/mol. The van der Waals surface area contributed by atoms with Crippen LogP contribution in [0.2, 0.25) is 0 Å². The van der Waals surface area contributed by atoms with Crippen LogP contribution in [0.1, 0.15) is 19.4 Å². The lowest BCUT2D eigenvalue weighted by atomic mass is 9.92. The summed E-state index contributed by atoms with van der Waals surface area (Å²) in [6, 6.07) is 3.65. The molecule has 1 aromatic heterocycles. The summed E-state index contributed by atoms with van der Waals surface area (Å²) in [4.78, 5) is 15.0. The Morgan fingerprint density at radius 3 is 2.94 bits per heavy atom. The van der Waals surface area contributed by atoms with Gasteiger partial charge >= 0.3 is 0 Å². The van der Waals surface area contributed by atoms with Gasteiger partial charge in [0.2, 0.25) is 5.91 Å². The minimum atomic E-state index is -0.664. The Hall–Kier alpha value is -2.09. The Bertz CT molecular complexity index is 434. The maximum absolute atomic E-state index is 11.1. The number of hydrogen-bond donors (Lipinski definition) is 2. The number of carbonyl (C=O) groups excluding carboxylic acids is 1. The summed E-state index contributed by atoms with van der Waals surface area (Å²) in [6.45, 7) is 3.85. The van der Waals surface area contributed by atoms with Crippen molar-refractivity contribution in [1.29, 1.82) is 5.26 Å². The van der Waals surface area contributed by atoms with E-state index in [4.69, 9.17) is 11.0 Å². The van der Waals surface area contributed by atoms with E-state index in [0.717, 1.165) is 0 Å². The van der Waals surface area contributed by atoms with Crippen molar-refractivity contribution in [1.82, 2.24) is 4.98 Å². The van der Waals surface area contributed by atoms with Gasteiger partial charge in [-0.3, -0.25) is 9.78 Å². The maximum Gasteiger partial charge on any atom is 0.224 e. The lowest BCUT2D eigenvalue weighted by Gasteiger charge is -2.21. The van der Waals surface area contributed by atoms with Gasteiger partial charge in [-0.2, -0.15) is 5.26 Å². The molecule has 0 aliphatic heterocycles. The molecule has 0 spiro atoms. The van der Waals surface area contributed by atoms with Gasteiger partial charge in [0.15, 0.2) is 0 Å². The number of pyridine rings is 1. The number of hydrogen-bond acceptors (Lipinski definition) is 4. The van der Waals surface area contributed by atoms with E-state index in [1.165, 1.54) is 0 Å². The molecule has 0 fully saturated rings. The van der Waals surface area contributed by atoms with E-state index in [-0.39, 0.29) is 5.91 Å². The normalized spacial score (nSPS) is 10.6. The van der Waals surface area contributed by atoms with Gasteiger partial charge in [-0.15, -0.1) is 0 Å². The SMILES string of the molecule is CC(C)(CNc1cnccc1C#N)C(N)=O. The second kappa shape index (κ2) is 4.62. The van der Waals surface area contributed by atoms with Crippen molar-refractivity contribution in [3.8, 4) is 6.07 Å². The van der Waals surface area contributed by atoms with E-state index in [0.29, 0.717) is 17.8 Å². The number of nitrogens with one attached hydrogen (secondary N) is 1. The number of rotatable bonds is 4. The number of nitrogens with zero attached hydrogens (tertiary/aromatic N) is 2.